The molecule has 6 heteroatoms. The maximum Gasteiger partial charge on any atom is 0.227 e. The summed E-state index contributed by atoms with van der Waals surface area (Å²) in [5.41, 5.74) is 1.51. The smallest absolute Gasteiger partial charge is 0.227 e. The van der Waals surface area contributed by atoms with E-state index in [2.05, 4.69) is 72.8 Å². The number of halogens is 2. The second-order valence-corrected chi connectivity index (χ2v) is 6.87. The molecule has 0 atom stereocenters. The van der Waals surface area contributed by atoms with Crippen LogP contribution < -0.4 is 10.6 Å². The van der Waals surface area contributed by atoms with Crippen molar-refractivity contribution in [2.24, 2.45) is 0 Å². The van der Waals surface area contributed by atoms with Crippen molar-refractivity contribution in [3.8, 4) is 0 Å². The summed E-state index contributed by atoms with van der Waals surface area (Å²) in [6.07, 6.45) is 3.34. The van der Waals surface area contributed by atoms with Crippen LogP contribution in [0, 0.1) is 0 Å². The minimum atomic E-state index is -0.148. The summed E-state index contributed by atoms with van der Waals surface area (Å²) in [4.78, 5) is 20.2. The minimum Gasteiger partial charge on any atom is -0.317 e. The van der Waals surface area contributed by atoms with E-state index >= 15 is 0 Å². The molecule has 23 heavy (non-hydrogen) atoms. The molecule has 2 N–H and O–H groups in total. The molecule has 0 aromatic heterocycles. The lowest BCUT2D eigenvalue weighted by Gasteiger charge is -2.22. The molecule has 0 bridgehead atoms. The fraction of sp³-hybridized carbons (Fsp3) is 0.529. The van der Waals surface area contributed by atoms with Crippen molar-refractivity contribution >= 4 is 43.7 Å². The Morgan fingerprint density at radius 1 is 0.913 bits per heavy atom. The van der Waals surface area contributed by atoms with E-state index in [-0.39, 0.29) is 11.8 Å². The van der Waals surface area contributed by atoms with Gasteiger partial charge < -0.3 is 5.32 Å². The van der Waals surface area contributed by atoms with Gasteiger partial charge in [0, 0.05) is 23.5 Å². The summed E-state index contributed by atoms with van der Waals surface area (Å²) < 4.78 is 0. The largest absolute Gasteiger partial charge is 0.317 e. The molecular weight excluding hydrogens is 424 g/mol. The molecule has 1 aromatic carbocycles. The molecule has 0 radical (unpaired) electrons. The van der Waals surface area contributed by atoms with Crippen molar-refractivity contribution in [3.63, 3.8) is 0 Å². The van der Waals surface area contributed by atoms with Crippen molar-refractivity contribution in [1.29, 1.82) is 0 Å². The predicted octanol–water partition coefficient (Wildman–Crippen LogP) is 3.35. The predicted molar refractivity (Wildman–Crippen MR) is 101 cm³/mol. The van der Waals surface area contributed by atoms with E-state index in [4.69, 9.17) is 0 Å². The zero-order valence-electron chi connectivity index (χ0n) is 13.2. The highest BCUT2D eigenvalue weighted by Gasteiger charge is 2.15. The monoisotopic (exact) mass is 446 g/mol. The van der Waals surface area contributed by atoms with Crippen molar-refractivity contribution < 1.29 is 9.59 Å². The number of rotatable bonds is 2. The van der Waals surface area contributed by atoms with Gasteiger partial charge in [-0.2, -0.15) is 0 Å². The van der Waals surface area contributed by atoms with Crippen LogP contribution in [0.3, 0.4) is 0 Å². The number of benzene rings is 1. The van der Waals surface area contributed by atoms with Gasteiger partial charge in [-0.1, -0.05) is 62.2 Å². The van der Waals surface area contributed by atoms with Gasteiger partial charge in [-0.05, 0) is 37.4 Å². The number of hydrogen-bond acceptors (Lipinski definition) is 3. The Kier molecular flexibility index (Phi) is 11.2. The van der Waals surface area contributed by atoms with Crippen LogP contribution in [0.4, 0.5) is 0 Å². The SMILES string of the molecule is BrCCBr.O=C1CCC(=O)N1.c1ccc(C2CCNCC2)cc1. The summed E-state index contributed by atoms with van der Waals surface area (Å²) in [7, 11) is 0. The molecule has 0 unspecified atom stereocenters. The number of nitrogens with one attached hydrogen (secondary N) is 2. The normalized spacial score (nSPS) is 17.5. The van der Waals surface area contributed by atoms with Crippen LogP contribution in [0.15, 0.2) is 30.3 Å². The van der Waals surface area contributed by atoms with Crippen LogP contribution >= 0.6 is 31.9 Å². The second kappa shape index (κ2) is 12.7. The maximum atomic E-state index is 10.1. The first-order chi connectivity index (χ1) is 11.2. The molecule has 2 heterocycles. The fourth-order valence-electron chi connectivity index (χ4n) is 2.39. The van der Waals surface area contributed by atoms with Crippen LogP contribution in [0.25, 0.3) is 0 Å². The first-order valence-electron chi connectivity index (χ1n) is 7.87. The summed E-state index contributed by atoms with van der Waals surface area (Å²) in [6, 6.07) is 10.9. The highest BCUT2D eigenvalue weighted by atomic mass is 79.9. The highest BCUT2D eigenvalue weighted by Crippen LogP contribution is 2.24. The van der Waals surface area contributed by atoms with Gasteiger partial charge in [0.15, 0.2) is 0 Å². The standard InChI is InChI=1S/C11H15N.C4H5NO2.C2H4Br2/c1-2-4-10(5-3-1)11-6-8-12-9-7-11;6-3-1-2-4(7)5-3;3-1-2-4/h1-5,11-12H,6-9H2;1-2H2,(H,5,6,7);1-2H2. The zero-order chi connectivity index (χ0) is 16.9. The number of piperidine rings is 1. The van der Waals surface area contributed by atoms with Crippen molar-refractivity contribution in [2.45, 2.75) is 31.6 Å². The van der Waals surface area contributed by atoms with E-state index in [0.29, 0.717) is 12.8 Å². The first-order valence-corrected chi connectivity index (χ1v) is 10.1. The quantitative estimate of drug-likeness (QED) is 0.539. The molecule has 2 aliphatic rings. The lowest BCUT2D eigenvalue weighted by atomic mass is 9.90. The molecule has 2 aliphatic heterocycles. The fourth-order valence-corrected chi connectivity index (χ4v) is 2.39. The number of carbonyl (C=O) groups is 2. The van der Waals surface area contributed by atoms with E-state index < -0.39 is 0 Å². The lowest BCUT2D eigenvalue weighted by molar-refractivity contribution is -0.124. The van der Waals surface area contributed by atoms with Gasteiger partial charge in [-0.3, -0.25) is 14.9 Å². The summed E-state index contributed by atoms with van der Waals surface area (Å²) in [5, 5.41) is 7.62. The van der Waals surface area contributed by atoms with E-state index in [0.717, 1.165) is 16.6 Å². The lowest BCUT2D eigenvalue weighted by Crippen LogP contribution is -2.26. The molecule has 2 fully saturated rings. The molecule has 128 valence electrons. The van der Waals surface area contributed by atoms with Gasteiger partial charge in [0.25, 0.3) is 0 Å². The van der Waals surface area contributed by atoms with Crippen molar-refractivity contribution in [3.05, 3.63) is 35.9 Å². The van der Waals surface area contributed by atoms with E-state index in [1.807, 2.05) is 0 Å². The highest BCUT2D eigenvalue weighted by molar-refractivity contribution is 9.11. The third-order valence-electron chi connectivity index (χ3n) is 3.54. The molecule has 0 spiro atoms. The number of hydrogen-bond donors (Lipinski definition) is 2. The summed E-state index contributed by atoms with van der Waals surface area (Å²) >= 11 is 6.40. The first kappa shape index (κ1) is 20.3. The minimum absolute atomic E-state index is 0.148. The number of carbonyl (C=O) groups excluding carboxylic acids is 2. The average molecular weight is 448 g/mol. The average Bonchev–Trinajstić information content (AvgIpc) is 3.00. The van der Waals surface area contributed by atoms with Gasteiger partial charge in [0.2, 0.25) is 11.8 Å². The summed E-state index contributed by atoms with van der Waals surface area (Å²) in [6.45, 7) is 2.36. The molecule has 2 amide bonds. The Morgan fingerprint density at radius 2 is 1.43 bits per heavy atom. The second-order valence-electron chi connectivity index (χ2n) is 5.28. The number of alkyl halides is 2. The third-order valence-corrected chi connectivity index (χ3v) is 5.40. The number of imide groups is 1. The Labute approximate surface area is 155 Å². The Balaban J connectivity index is 0.000000204. The van der Waals surface area contributed by atoms with Gasteiger partial charge in [0.1, 0.15) is 0 Å². The molecule has 0 aliphatic carbocycles. The van der Waals surface area contributed by atoms with E-state index in [1.54, 1.807) is 0 Å². The van der Waals surface area contributed by atoms with Crippen molar-refractivity contribution in [1.82, 2.24) is 10.6 Å². The topological polar surface area (TPSA) is 58.2 Å². The van der Waals surface area contributed by atoms with Gasteiger partial charge in [-0.15, -0.1) is 0 Å². The molecular formula is C17H24Br2N2O2. The van der Waals surface area contributed by atoms with Crippen LogP contribution in [0.5, 0.6) is 0 Å². The summed E-state index contributed by atoms with van der Waals surface area (Å²) in [5.74, 6) is 0.502. The van der Waals surface area contributed by atoms with Crippen LogP contribution in [-0.4, -0.2) is 35.6 Å². The maximum absolute atomic E-state index is 10.1. The molecule has 0 saturated carbocycles. The van der Waals surface area contributed by atoms with Crippen molar-refractivity contribution in [2.75, 3.05) is 23.7 Å². The molecule has 4 nitrogen and oxygen atoms in total. The molecule has 3 rings (SSSR count). The Bertz CT molecular complexity index is 447. The number of amides is 2. The Morgan fingerprint density at radius 3 is 1.83 bits per heavy atom. The van der Waals surface area contributed by atoms with Crippen LogP contribution in [0.2, 0.25) is 0 Å². The van der Waals surface area contributed by atoms with Gasteiger partial charge in [-0.25, -0.2) is 0 Å². The van der Waals surface area contributed by atoms with E-state index in [1.165, 1.54) is 31.5 Å². The van der Waals surface area contributed by atoms with Gasteiger partial charge in [0.05, 0.1) is 0 Å². The Hall–Kier alpha value is -0.720. The van der Waals surface area contributed by atoms with Gasteiger partial charge >= 0.3 is 0 Å². The zero-order valence-corrected chi connectivity index (χ0v) is 16.4. The van der Waals surface area contributed by atoms with Crippen LogP contribution in [-0.2, 0) is 9.59 Å². The third kappa shape index (κ3) is 9.23. The molecule has 1 aromatic rings. The molecule has 2 saturated heterocycles. The van der Waals surface area contributed by atoms with Crippen LogP contribution in [0.1, 0.15) is 37.2 Å². The van der Waals surface area contributed by atoms with E-state index in [9.17, 15) is 9.59 Å².